The standard InChI is InChI=1S/C20H35N/c1-8-15-21-18(13-14-19(2,3)4)16-11-9-10-12-17(16)20(5,6)7/h9-12,18,21H,8,13-15H2,1-7H3. The zero-order valence-corrected chi connectivity index (χ0v) is 15.2. The minimum atomic E-state index is 0.199. The normalized spacial score (nSPS) is 14.2. The third-order valence-corrected chi connectivity index (χ3v) is 3.97. The summed E-state index contributed by atoms with van der Waals surface area (Å²) in [5, 5.41) is 3.77. The van der Waals surface area contributed by atoms with Gasteiger partial charge in [0, 0.05) is 6.04 Å². The van der Waals surface area contributed by atoms with Crippen LogP contribution in [0.1, 0.15) is 84.9 Å². The van der Waals surface area contributed by atoms with E-state index in [4.69, 9.17) is 0 Å². The van der Waals surface area contributed by atoms with Crippen molar-refractivity contribution in [3.05, 3.63) is 35.4 Å². The molecule has 0 saturated carbocycles. The molecule has 0 fully saturated rings. The zero-order valence-electron chi connectivity index (χ0n) is 15.2. The van der Waals surface area contributed by atoms with Crippen molar-refractivity contribution >= 4 is 0 Å². The summed E-state index contributed by atoms with van der Waals surface area (Å²) in [5.41, 5.74) is 3.56. The van der Waals surface area contributed by atoms with E-state index in [0.29, 0.717) is 11.5 Å². The Morgan fingerprint density at radius 1 is 1.00 bits per heavy atom. The van der Waals surface area contributed by atoms with E-state index >= 15 is 0 Å². The average Bonchev–Trinajstić information content (AvgIpc) is 2.37. The van der Waals surface area contributed by atoms with E-state index in [0.717, 1.165) is 6.54 Å². The Kier molecular flexibility index (Phi) is 6.46. The summed E-state index contributed by atoms with van der Waals surface area (Å²) in [5.74, 6) is 0. The van der Waals surface area contributed by atoms with Gasteiger partial charge in [-0.1, -0.05) is 72.7 Å². The fourth-order valence-electron chi connectivity index (χ4n) is 2.75. The molecule has 1 rings (SSSR count). The van der Waals surface area contributed by atoms with Gasteiger partial charge >= 0.3 is 0 Å². The Bertz CT molecular complexity index is 420. The van der Waals surface area contributed by atoms with E-state index in [-0.39, 0.29) is 5.41 Å². The third-order valence-electron chi connectivity index (χ3n) is 3.97. The molecule has 0 amide bonds. The first-order chi connectivity index (χ1) is 9.65. The van der Waals surface area contributed by atoms with Gasteiger partial charge < -0.3 is 5.32 Å². The SMILES string of the molecule is CCCNC(CCC(C)(C)C)c1ccccc1C(C)(C)C. The van der Waals surface area contributed by atoms with E-state index in [1.54, 1.807) is 0 Å². The molecule has 0 saturated heterocycles. The second-order valence-electron chi connectivity index (χ2n) is 8.44. The van der Waals surface area contributed by atoms with Crippen molar-refractivity contribution in [3.63, 3.8) is 0 Å². The first-order valence-corrected chi connectivity index (χ1v) is 8.48. The minimum Gasteiger partial charge on any atom is -0.310 e. The van der Waals surface area contributed by atoms with E-state index in [9.17, 15) is 0 Å². The quantitative estimate of drug-likeness (QED) is 0.692. The Labute approximate surface area is 132 Å². The van der Waals surface area contributed by atoms with Crippen molar-refractivity contribution in [2.45, 2.75) is 79.2 Å². The second kappa shape index (κ2) is 7.45. The van der Waals surface area contributed by atoms with Crippen LogP contribution in [0.15, 0.2) is 24.3 Å². The van der Waals surface area contributed by atoms with Gasteiger partial charge in [0.25, 0.3) is 0 Å². The molecule has 21 heavy (non-hydrogen) atoms. The fourth-order valence-corrected chi connectivity index (χ4v) is 2.75. The van der Waals surface area contributed by atoms with Gasteiger partial charge in [0.15, 0.2) is 0 Å². The van der Waals surface area contributed by atoms with Crippen LogP contribution in [0.25, 0.3) is 0 Å². The van der Waals surface area contributed by atoms with Crippen LogP contribution in [0.3, 0.4) is 0 Å². The lowest BCUT2D eigenvalue weighted by Gasteiger charge is -2.30. The Hall–Kier alpha value is -0.820. The molecule has 0 aliphatic carbocycles. The number of hydrogen-bond donors (Lipinski definition) is 1. The molecule has 0 radical (unpaired) electrons. The predicted molar refractivity (Wildman–Crippen MR) is 94.9 cm³/mol. The highest BCUT2D eigenvalue weighted by atomic mass is 14.9. The maximum absolute atomic E-state index is 3.77. The molecule has 1 heteroatoms. The van der Waals surface area contributed by atoms with Crippen LogP contribution in [0.4, 0.5) is 0 Å². The lowest BCUT2D eigenvalue weighted by Crippen LogP contribution is -2.27. The topological polar surface area (TPSA) is 12.0 Å². The van der Waals surface area contributed by atoms with Gasteiger partial charge in [-0.25, -0.2) is 0 Å². The fraction of sp³-hybridized carbons (Fsp3) is 0.700. The highest BCUT2D eigenvalue weighted by Crippen LogP contribution is 2.33. The summed E-state index contributed by atoms with van der Waals surface area (Å²) in [6.45, 7) is 17.3. The average molecular weight is 290 g/mol. The third kappa shape index (κ3) is 6.22. The second-order valence-corrected chi connectivity index (χ2v) is 8.44. The van der Waals surface area contributed by atoms with Crippen LogP contribution in [-0.4, -0.2) is 6.54 Å². The Morgan fingerprint density at radius 2 is 1.62 bits per heavy atom. The molecule has 1 aromatic carbocycles. The van der Waals surface area contributed by atoms with Crippen molar-refractivity contribution in [1.82, 2.24) is 5.32 Å². The molecule has 0 bridgehead atoms. The maximum atomic E-state index is 3.77. The smallest absolute Gasteiger partial charge is 0.0323 e. The summed E-state index contributed by atoms with van der Waals surface area (Å²) in [4.78, 5) is 0. The molecular weight excluding hydrogens is 254 g/mol. The number of nitrogens with one attached hydrogen (secondary N) is 1. The van der Waals surface area contributed by atoms with Gasteiger partial charge in [-0.05, 0) is 47.8 Å². The predicted octanol–water partition coefficient (Wildman–Crippen LogP) is 5.85. The van der Waals surface area contributed by atoms with Gasteiger partial charge in [-0.15, -0.1) is 0 Å². The van der Waals surface area contributed by atoms with E-state index in [1.807, 2.05) is 0 Å². The van der Waals surface area contributed by atoms with Gasteiger partial charge in [0.1, 0.15) is 0 Å². The molecule has 1 aromatic rings. The van der Waals surface area contributed by atoms with Crippen LogP contribution >= 0.6 is 0 Å². The highest BCUT2D eigenvalue weighted by molar-refractivity contribution is 5.35. The van der Waals surface area contributed by atoms with E-state index < -0.39 is 0 Å². The summed E-state index contributed by atoms with van der Waals surface area (Å²) in [6, 6.07) is 9.44. The lowest BCUT2D eigenvalue weighted by molar-refractivity contribution is 0.330. The first-order valence-electron chi connectivity index (χ1n) is 8.48. The monoisotopic (exact) mass is 289 g/mol. The van der Waals surface area contributed by atoms with Crippen LogP contribution in [0.5, 0.6) is 0 Å². The minimum absolute atomic E-state index is 0.199. The highest BCUT2D eigenvalue weighted by Gasteiger charge is 2.23. The number of rotatable bonds is 6. The molecule has 1 nitrogen and oxygen atoms in total. The summed E-state index contributed by atoms with van der Waals surface area (Å²) < 4.78 is 0. The summed E-state index contributed by atoms with van der Waals surface area (Å²) in [6.07, 6.45) is 3.63. The number of benzene rings is 1. The molecule has 1 N–H and O–H groups in total. The molecule has 0 spiro atoms. The Balaban J connectivity index is 3.02. The van der Waals surface area contributed by atoms with Gasteiger partial charge in [0.2, 0.25) is 0 Å². The molecule has 1 unspecified atom stereocenters. The van der Waals surface area contributed by atoms with Crippen molar-refractivity contribution < 1.29 is 0 Å². The van der Waals surface area contributed by atoms with Gasteiger partial charge in [-0.2, -0.15) is 0 Å². The molecule has 0 heterocycles. The van der Waals surface area contributed by atoms with Crippen molar-refractivity contribution in [1.29, 1.82) is 0 Å². The van der Waals surface area contributed by atoms with Crippen LogP contribution in [-0.2, 0) is 5.41 Å². The molecule has 120 valence electrons. The van der Waals surface area contributed by atoms with Gasteiger partial charge in [0.05, 0.1) is 0 Å². The van der Waals surface area contributed by atoms with Gasteiger partial charge in [-0.3, -0.25) is 0 Å². The zero-order chi connectivity index (χ0) is 16.1. The molecular formula is C20H35N. The molecule has 0 aliphatic rings. The maximum Gasteiger partial charge on any atom is 0.0323 e. The van der Waals surface area contributed by atoms with E-state index in [2.05, 4.69) is 78.0 Å². The first kappa shape index (κ1) is 18.2. The van der Waals surface area contributed by atoms with Crippen molar-refractivity contribution in [3.8, 4) is 0 Å². The summed E-state index contributed by atoms with van der Waals surface area (Å²) in [7, 11) is 0. The van der Waals surface area contributed by atoms with E-state index in [1.165, 1.54) is 30.4 Å². The largest absolute Gasteiger partial charge is 0.310 e. The molecule has 1 atom stereocenters. The summed E-state index contributed by atoms with van der Waals surface area (Å²) >= 11 is 0. The van der Waals surface area contributed by atoms with Crippen molar-refractivity contribution in [2.24, 2.45) is 5.41 Å². The Morgan fingerprint density at radius 3 is 2.14 bits per heavy atom. The van der Waals surface area contributed by atoms with Crippen LogP contribution in [0, 0.1) is 5.41 Å². The van der Waals surface area contributed by atoms with Crippen LogP contribution < -0.4 is 5.32 Å². The molecule has 0 aliphatic heterocycles. The van der Waals surface area contributed by atoms with Crippen molar-refractivity contribution in [2.75, 3.05) is 6.54 Å². The molecule has 0 aromatic heterocycles. The lowest BCUT2D eigenvalue weighted by atomic mass is 9.79. The number of hydrogen-bond acceptors (Lipinski definition) is 1. The van der Waals surface area contributed by atoms with Crippen LogP contribution in [0.2, 0.25) is 0 Å².